The standard InChI is InChI=1S/C16H19N5O2/c1-11-18-19-20-21(11)14-10-13(7-8-15(14)23-2)17-16(22)9-12-5-3-4-6-12/h3,5,7-8,10,12H,4,6,9H2,1-2H3,(H,17,22)/t12-/m0/s1. The molecule has 3 rings (SSSR count). The summed E-state index contributed by atoms with van der Waals surface area (Å²) in [6, 6.07) is 5.41. The second-order valence-corrected chi connectivity index (χ2v) is 5.54. The summed E-state index contributed by atoms with van der Waals surface area (Å²) in [5.74, 6) is 1.63. The minimum Gasteiger partial charge on any atom is -0.494 e. The average Bonchev–Trinajstić information content (AvgIpc) is 3.18. The fourth-order valence-corrected chi connectivity index (χ4v) is 2.70. The Bertz CT molecular complexity index is 738. The van der Waals surface area contributed by atoms with Gasteiger partial charge in [0.25, 0.3) is 0 Å². The molecule has 1 amide bonds. The van der Waals surface area contributed by atoms with Gasteiger partial charge in [0.15, 0.2) is 5.82 Å². The number of nitrogens with zero attached hydrogens (tertiary/aromatic N) is 4. The van der Waals surface area contributed by atoms with Crippen molar-refractivity contribution in [2.45, 2.75) is 26.2 Å². The van der Waals surface area contributed by atoms with Crippen molar-refractivity contribution < 1.29 is 9.53 Å². The molecule has 0 radical (unpaired) electrons. The van der Waals surface area contributed by atoms with Gasteiger partial charge in [-0.1, -0.05) is 12.2 Å². The van der Waals surface area contributed by atoms with Crippen LogP contribution >= 0.6 is 0 Å². The van der Waals surface area contributed by atoms with E-state index in [2.05, 4.69) is 33.0 Å². The van der Waals surface area contributed by atoms with Crippen LogP contribution in [-0.2, 0) is 4.79 Å². The van der Waals surface area contributed by atoms with Gasteiger partial charge in [0.05, 0.1) is 7.11 Å². The second-order valence-electron chi connectivity index (χ2n) is 5.54. The Morgan fingerprint density at radius 3 is 3.00 bits per heavy atom. The molecular formula is C16H19N5O2. The summed E-state index contributed by atoms with van der Waals surface area (Å²) in [6.07, 6.45) is 6.85. The van der Waals surface area contributed by atoms with Gasteiger partial charge in [0.2, 0.25) is 5.91 Å². The van der Waals surface area contributed by atoms with E-state index in [1.54, 1.807) is 24.8 Å². The predicted molar refractivity (Wildman–Crippen MR) is 85.6 cm³/mol. The number of ether oxygens (including phenoxy) is 1. The molecule has 0 fully saturated rings. The van der Waals surface area contributed by atoms with Gasteiger partial charge in [-0.05, 0) is 54.3 Å². The molecule has 0 bridgehead atoms. The lowest BCUT2D eigenvalue weighted by molar-refractivity contribution is -0.116. The highest BCUT2D eigenvalue weighted by Crippen LogP contribution is 2.27. The summed E-state index contributed by atoms with van der Waals surface area (Å²) in [5, 5.41) is 14.4. The molecular weight excluding hydrogens is 294 g/mol. The molecule has 1 atom stereocenters. The van der Waals surface area contributed by atoms with Crippen LogP contribution in [0.3, 0.4) is 0 Å². The predicted octanol–water partition coefficient (Wildman–Crippen LogP) is 2.27. The van der Waals surface area contributed by atoms with Crippen LogP contribution in [0.2, 0.25) is 0 Å². The molecule has 0 saturated heterocycles. The van der Waals surface area contributed by atoms with Gasteiger partial charge in [-0.25, -0.2) is 0 Å². The molecule has 7 nitrogen and oxygen atoms in total. The number of aryl methyl sites for hydroxylation is 1. The number of carbonyl (C=O) groups is 1. The summed E-state index contributed by atoms with van der Waals surface area (Å²) < 4.78 is 6.93. The zero-order valence-electron chi connectivity index (χ0n) is 13.2. The number of aromatic nitrogens is 4. The molecule has 1 aromatic carbocycles. The van der Waals surface area contributed by atoms with Crippen molar-refractivity contribution in [2.24, 2.45) is 5.92 Å². The molecule has 1 aromatic heterocycles. The van der Waals surface area contributed by atoms with E-state index < -0.39 is 0 Å². The Morgan fingerprint density at radius 1 is 1.48 bits per heavy atom. The van der Waals surface area contributed by atoms with E-state index in [9.17, 15) is 4.79 Å². The molecule has 23 heavy (non-hydrogen) atoms. The van der Waals surface area contributed by atoms with Gasteiger partial charge >= 0.3 is 0 Å². The molecule has 0 unspecified atom stereocenters. The summed E-state index contributed by atoms with van der Waals surface area (Å²) in [6.45, 7) is 1.80. The van der Waals surface area contributed by atoms with Crippen molar-refractivity contribution >= 4 is 11.6 Å². The number of hydrogen-bond donors (Lipinski definition) is 1. The monoisotopic (exact) mass is 313 g/mol. The highest BCUT2D eigenvalue weighted by molar-refractivity contribution is 5.91. The molecule has 1 N–H and O–H groups in total. The van der Waals surface area contributed by atoms with E-state index >= 15 is 0 Å². The number of allylic oxidation sites excluding steroid dienone is 2. The molecule has 1 aliphatic carbocycles. The third kappa shape index (κ3) is 3.39. The maximum Gasteiger partial charge on any atom is 0.224 e. The number of methoxy groups -OCH3 is 1. The minimum absolute atomic E-state index is 0.00565. The average molecular weight is 313 g/mol. The van der Waals surface area contributed by atoms with Crippen LogP contribution < -0.4 is 10.1 Å². The molecule has 2 aromatic rings. The molecule has 120 valence electrons. The van der Waals surface area contributed by atoms with E-state index in [4.69, 9.17) is 4.74 Å². The van der Waals surface area contributed by atoms with Crippen LogP contribution in [0.1, 0.15) is 25.1 Å². The van der Waals surface area contributed by atoms with Gasteiger partial charge in [0.1, 0.15) is 11.4 Å². The Labute approximate surface area is 134 Å². The lowest BCUT2D eigenvalue weighted by atomic mass is 10.1. The van der Waals surface area contributed by atoms with E-state index in [0.717, 1.165) is 12.8 Å². The fraction of sp³-hybridized carbons (Fsp3) is 0.375. The van der Waals surface area contributed by atoms with Gasteiger partial charge in [0, 0.05) is 12.1 Å². The van der Waals surface area contributed by atoms with Crippen molar-refractivity contribution in [1.82, 2.24) is 20.2 Å². The zero-order chi connectivity index (χ0) is 16.2. The number of tetrazole rings is 1. The van der Waals surface area contributed by atoms with Crippen molar-refractivity contribution in [2.75, 3.05) is 12.4 Å². The van der Waals surface area contributed by atoms with Crippen molar-refractivity contribution in [3.63, 3.8) is 0 Å². The topological polar surface area (TPSA) is 81.9 Å². The highest BCUT2D eigenvalue weighted by atomic mass is 16.5. The Kier molecular flexibility index (Phi) is 4.36. The second kappa shape index (κ2) is 6.60. The van der Waals surface area contributed by atoms with E-state index in [-0.39, 0.29) is 5.91 Å². The Hall–Kier alpha value is -2.70. The van der Waals surface area contributed by atoms with Gasteiger partial charge < -0.3 is 10.1 Å². The van der Waals surface area contributed by atoms with Crippen molar-refractivity contribution in [1.29, 1.82) is 0 Å². The quantitative estimate of drug-likeness (QED) is 0.856. The zero-order valence-corrected chi connectivity index (χ0v) is 13.2. The lowest BCUT2D eigenvalue weighted by Crippen LogP contribution is -2.15. The highest BCUT2D eigenvalue weighted by Gasteiger charge is 2.16. The number of hydrogen-bond acceptors (Lipinski definition) is 5. The molecule has 1 heterocycles. The molecule has 0 saturated carbocycles. The SMILES string of the molecule is COc1ccc(NC(=O)C[C@H]2C=CCC2)cc1-n1nnnc1C. The largest absolute Gasteiger partial charge is 0.494 e. The van der Waals surface area contributed by atoms with Crippen LogP contribution in [0.25, 0.3) is 5.69 Å². The van der Waals surface area contributed by atoms with Gasteiger partial charge in [-0.2, -0.15) is 4.68 Å². The van der Waals surface area contributed by atoms with E-state index in [1.807, 2.05) is 12.1 Å². The number of amides is 1. The van der Waals surface area contributed by atoms with Crippen molar-refractivity contribution in [3.8, 4) is 11.4 Å². The summed E-state index contributed by atoms with van der Waals surface area (Å²) in [7, 11) is 1.59. The number of benzene rings is 1. The first-order valence-electron chi connectivity index (χ1n) is 7.57. The van der Waals surface area contributed by atoms with E-state index in [1.165, 1.54) is 0 Å². The first-order valence-corrected chi connectivity index (χ1v) is 7.57. The summed E-state index contributed by atoms with van der Waals surface area (Å²) in [5.41, 5.74) is 1.39. The maximum atomic E-state index is 12.2. The summed E-state index contributed by atoms with van der Waals surface area (Å²) in [4.78, 5) is 12.2. The Balaban J connectivity index is 1.79. The maximum absolute atomic E-state index is 12.2. The molecule has 0 spiro atoms. The lowest BCUT2D eigenvalue weighted by Gasteiger charge is -2.13. The molecule has 1 aliphatic rings. The fourth-order valence-electron chi connectivity index (χ4n) is 2.70. The number of anilines is 1. The van der Waals surface area contributed by atoms with Crippen molar-refractivity contribution in [3.05, 3.63) is 36.2 Å². The number of carbonyl (C=O) groups excluding carboxylic acids is 1. The third-order valence-corrected chi connectivity index (χ3v) is 3.88. The third-order valence-electron chi connectivity index (χ3n) is 3.88. The van der Waals surface area contributed by atoms with Crippen LogP contribution in [0.4, 0.5) is 5.69 Å². The van der Waals surface area contributed by atoms with Gasteiger partial charge in [-0.3, -0.25) is 4.79 Å². The first kappa shape index (κ1) is 15.2. The van der Waals surface area contributed by atoms with Crippen LogP contribution in [0.5, 0.6) is 5.75 Å². The van der Waals surface area contributed by atoms with Gasteiger partial charge in [-0.15, -0.1) is 5.10 Å². The summed E-state index contributed by atoms with van der Waals surface area (Å²) >= 11 is 0. The normalized spacial score (nSPS) is 16.5. The van der Waals surface area contributed by atoms with Crippen LogP contribution in [-0.4, -0.2) is 33.2 Å². The molecule has 7 heteroatoms. The number of nitrogens with one attached hydrogen (secondary N) is 1. The van der Waals surface area contributed by atoms with Crippen LogP contribution in [0, 0.1) is 12.8 Å². The number of rotatable bonds is 5. The van der Waals surface area contributed by atoms with E-state index in [0.29, 0.717) is 35.3 Å². The minimum atomic E-state index is 0.00565. The van der Waals surface area contributed by atoms with Crippen LogP contribution in [0.15, 0.2) is 30.4 Å². The smallest absolute Gasteiger partial charge is 0.224 e. The Morgan fingerprint density at radius 2 is 2.35 bits per heavy atom. The molecule has 0 aliphatic heterocycles. The first-order chi connectivity index (χ1) is 11.2.